The number of hydrogen-bond acceptors (Lipinski definition) is 2. The number of hydrogen-bond donors (Lipinski definition) is 2. The molecule has 0 spiro atoms. The van der Waals surface area contributed by atoms with Crippen LogP contribution in [0, 0.1) is 5.41 Å². The van der Waals surface area contributed by atoms with Gasteiger partial charge in [0.15, 0.2) is 0 Å². The number of anilines is 1. The van der Waals surface area contributed by atoms with E-state index in [-0.39, 0.29) is 5.91 Å². The van der Waals surface area contributed by atoms with Gasteiger partial charge in [-0.2, -0.15) is 0 Å². The first kappa shape index (κ1) is 15.5. The van der Waals surface area contributed by atoms with Crippen molar-refractivity contribution in [1.29, 1.82) is 0 Å². The van der Waals surface area contributed by atoms with E-state index in [1.165, 1.54) is 12.8 Å². The van der Waals surface area contributed by atoms with Gasteiger partial charge in [0.1, 0.15) is 0 Å². The van der Waals surface area contributed by atoms with E-state index in [0.29, 0.717) is 18.0 Å². The van der Waals surface area contributed by atoms with Gasteiger partial charge in [0.2, 0.25) is 5.91 Å². The molecule has 1 fully saturated rings. The molecule has 1 aromatic carbocycles. The Morgan fingerprint density at radius 1 is 1.30 bits per heavy atom. The predicted octanol–water partition coefficient (Wildman–Crippen LogP) is 3.95. The first-order valence-corrected chi connectivity index (χ1v) is 8.03. The molecule has 1 amide bonds. The van der Waals surface area contributed by atoms with Crippen LogP contribution in [0.15, 0.2) is 28.7 Å². The molecule has 4 heteroatoms. The molecule has 1 aliphatic rings. The molecule has 110 valence electrons. The van der Waals surface area contributed by atoms with E-state index >= 15 is 0 Å². The van der Waals surface area contributed by atoms with Crippen LogP contribution in [-0.4, -0.2) is 18.5 Å². The van der Waals surface area contributed by atoms with E-state index in [0.717, 1.165) is 23.0 Å². The molecular formula is C16H23BrN2O. The van der Waals surface area contributed by atoms with Crippen molar-refractivity contribution in [2.45, 2.75) is 45.6 Å². The number of nitrogens with one attached hydrogen (secondary N) is 2. The lowest BCUT2D eigenvalue weighted by Gasteiger charge is -2.34. The van der Waals surface area contributed by atoms with Crippen LogP contribution in [0.4, 0.5) is 5.69 Å². The second-order valence-electron chi connectivity index (χ2n) is 6.35. The smallest absolute Gasteiger partial charge is 0.238 e. The molecule has 0 atom stereocenters. The summed E-state index contributed by atoms with van der Waals surface area (Å²) in [6.07, 6.45) is 4.79. The minimum absolute atomic E-state index is 0.0155. The number of amides is 1. The monoisotopic (exact) mass is 338 g/mol. The highest BCUT2D eigenvalue weighted by Crippen LogP contribution is 2.34. The van der Waals surface area contributed by atoms with Crippen LogP contribution >= 0.6 is 15.9 Å². The summed E-state index contributed by atoms with van der Waals surface area (Å²) in [7, 11) is 0. The quantitative estimate of drug-likeness (QED) is 0.872. The second kappa shape index (κ2) is 6.72. The third-order valence-electron chi connectivity index (χ3n) is 4.04. The number of carbonyl (C=O) groups is 1. The van der Waals surface area contributed by atoms with E-state index in [2.05, 4.69) is 40.4 Å². The maximum atomic E-state index is 11.9. The molecule has 0 unspecified atom stereocenters. The minimum atomic E-state index is 0.0155. The summed E-state index contributed by atoms with van der Waals surface area (Å²) in [5.74, 6) is 0.0155. The van der Waals surface area contributed by atoms with Gasteiger partial charge in [-0.05, 0) is 59.2 Å². The van der Waals surface area contributed by atoms with Crippen LogP contribution in [0.1, 0.15) is 39.5 Å². The van der Waals surface area contributed by atoms with Gasteiger partial charge >= 0.3 is 0 Å². The molecule has 20 heavy (non-hydrogen) atoms. The zero-order chi connectivity index (χ0) is 14.6. The summed E-state index contributed by atoms with van der Waals surface area (Å²) < 4.78 is 0.910. The fourth-order valence-corrected chi connectivity index (χ4v) is 2.98. The predicted molar refractivity (Wildman–Crippen MR) is 86.8 cm³/mol. The van der Waals surface area contributed by atoms with E-state index in [1.54, 1.807) is 0 Å². The van der Waals surface area contributed by atoms with Crippen molar-refractivity contribution in [3.63, 3.8) is 0 Å². The van der Waals surface area contributed by atoms with Crippen LogP contribution in [0.2, 0.25) is 0 Å². The highest BCUT2D eigenvalue weighted by molar-refractivity contribution is 9.10. The standard InChI is InChI=1S/C16H23BrN2O/c1-16(2)9-7-12(8-10-16)18-11-15(20)19-14-6-4-3-5-13(14)17/h3-6,12,18H,7-11H2,1-2H3,(H,19,20). The summed E-state index contributed by atoms with van der Waals surface area (Å²) in [5.41, 5.74) is 1.29. The first-order chi connectivity index (χ1) is 9.46. The summed E-state index contributed by atoms with van der Waals surface area (Å²) in [5, 5.41) is 6.29. The Kier molecular flexibility index (Phi) is 5.22. The largest absolute Gasteiger partial charge is 0.324 e. The van der Waals surface area contributed by atoms with Crippen molar-refractivity contribution >= 4 is 27.5 Å². The average molecular weight is 339 g/mol. The SMILES string of the molecule is CC1(C)CCC(NCC(=O)Nc2ccccc2Br)CC1. The van der Waals surface area contributed by atoms with Crippen molar-refractivity contribution in [3.05, 3.63) is 28.7 Å². The molecule has 0 aliphatic heterocycles. The molecule has 1 aliphatic carbocycles. The van der Waals surface area contributed by atoms with Gasteiger partial charge in [0, 0.05) is 10.5 Å². The molecule has 1 saturated carbocycles. The van der Waals surface area contributed by atoms with Gasteiger partial charge in [0.25, 0.3) is 0 Å². The Morgan fingerprint density at radius 3 is 2.60 bits per heavy atom. The van der Waals surface area contributed by atoms with Crippen molar-refractivity contribution in [2.75, 3.05) is 11.9 Å². The van der Waals surface area contributed by atoms with Gasteiger partial charge in [-0.15, -0.1) is 0 Å². The van der Waals surface area contributed by atoms with Gasteiger partial charge in [-0.1, -0.05) is 26.0 Å². The Balaban J connectivity index is 1.75. The van der Waals surface area contributed by atoms with Gasteiger partial charge < -0.3 is 10.6 Å². The third kappa shape index (κ3) is 4.60. The molecule has 0 radical (unpaired) electrons. The lowest BCUT2D eigenvalue weighted by Crippen LogP contribution is -2.39. The zero-order valence-electron chi connectivity index (χ0n) is 12.2. The van der Waals surface area contributed by atoms with Crippen molar-refractivity contribution in [1.82, 2.24) is 5.32 Å². The molecular weight excluding hydrogens is 316 g/mol. The zero-order valence-corrected chi connectivity index (χ0v) is 13.8. The Labute approximate surface area is 129 Å². The molecule has 3 nitrogen and oxygen atoms in total. The fourth-order valence-electron chi connectivity index (χ4n) is 2.60. The van der Waals surface area contributed by atoms with Crippen LogP contribution in [0.25, 0.3) is 0 Å². The minimum Gasteiger partial charge on any atom is -0.324 e. The van der Waals surface area contributed by atoms with Crippen molar-refractivity contribution < 1.29 is 4.79 Å². The lowest BCUT2D eigenvalue weighted by atomic mass is 9.75. The molecule has 0 bridgehead atoms. The van der Waals surface area contributed by atoms with Gasteiger partial charge in [-0.3, -0.25) is 4.79 Å². The highest BCUT2D eigenvalue weighted by Gasteiger charge is 2.26. The normalized spacial score (nSPS) is 18.8. The van der Waals surface area contributed by atoms with Crippen LogP contribution in [-0.2, 0) is 4.79 Å². The number of rotatable bonds is 4. The van der Waals surface area contributed by atoms with Crippen molar-refractivity contribution in [2.24, 2.45) is 5.41 Å². The molecule has 0 saturated heterocycles. The van der Waals surface area contributed by atoms with Crippen LogP contribution in [0.5, 0.6) is 0 Å². The van der Waals surface area contributed by atoms with Gasteiger partial charge in [-0.25, -0.2) is 0 Å². The van der Waals surface area contributed by atoms with Gasteiger partial charge in [0.05, 0.1) is 12.2 Å². The number of para-hydroxylation sites is 1. The van der Waals surface area contributed by atoms with Crippen molar-refractivity contribution in [3.8, 4) is 0 Å². The van der Waals surface area contributed by atoms with Crippen LogP contribution < -0.4 is 10.6 Å². The maximum Gasteiger partial charge on any atom is 0.238 e. The van der Waals surface area contributed by atoms with E-state index in [9.17, 15) is 4.79 Å². The topological polar surface area (TPSA) is 41.1 Å². The number of carbonyl (C=O) groups excluding carboxylic acids is 1. The molecule has 2 N–H and O–H groups in total. The summed E-state index contributed by atoms with van der Waals surface area (Å²) in [4.78, 5) is 11.9. The molecule has 0 heterocycles. The Bertz CT molecular complexity index is 463. The number of halogens is 1. The van der Waals surface area contributed by atoms with E-state index < -0.39 is 0 Å². The summed E-state index contributed by atoms with van der Waals surface area (Å²) in [6.45, 7) is 5.03. The Hall–Kier alpha value is -0.870. The van der Waals surface area contributed by atoms with E-state index in [1.807, 2.05) is 24.3 Å². The Morgan fingerprint density at radius 2 is 1.95 bits per heavy atom. The summed E-state index contributed by atoms with van der Waals surface area (Å²) in [6, 6.07) is 8.14. The molecule has 1 aromatic rings. The highest BCUT2D eigenvalue weighted by atomic mass is 79.9. The summed E-state index contributed by atoms with van der Waals surface area (Å²) >= 11 is 3.43. The number of benzene rings is 1. The fraction of sp³-hybridized carbons (Fsp3) is 0.562. The lowest BCUT2D eigenvalue weighted by molar-refractivity contribution is -0.115. The molecule has 0 aromatic heterocycles. The van der Waals surface area contributed by atoms with Crippen LogP contribution in [0.3, 0.4) is 0 Å². The first-order valence-electron chi connectivity index (χ1n) is 7.24. The van der Waals surface area contributed by atoms with E-state index in [4.69, 9.17) is 0 Å². The molecule has 2 rings (SSSR count). The third-order valence-corrected chi connectivity index (χ3v) is 4.73. The maximum absolute atomic E-state index is 11.9. The second-order valence-corrected chi connectivity index (χ2v) is 7.20. The average Bonchev–Trinajstić information content (AvgIpc) is 2.40.